The Balaban J connectivity index is 2.13. The minimum Gasteiger partial charge on any atom is -0.359 e. The zero-order valence-electron chi connectivity index (χ0n) is 9.01. The van der Waals surface area contributed by atoms with Crippen molar-refractivity contribution in [1.82, 2.24) is 4.98 Å². The minimum absolute atomic E-state index is 0.305. The molecule has 1 fully saturated rings. The molecule has 0 saturated heterocycles. The number of aromatic amines is 1. The van der Waals surface area contributed by atoms with Crippen LogP contribution >= 0.6 is 0 Å². The molecule has 0 unspecified atom stereocenters. The van der Waals surface area contributed by atoms with E-state index in [4.69, 9.17) is 5.73 Å². The van der Waals surface area contributed by atoms with E-state index in [9.17, 15) is 0 Å². The molecular formula is C13H16N2. The zero-order chi connectivity index (χ0) is 10.5. The van der Waals surface area contributed by atoms with Crippen molar-refractivity contribution in [3.05, 3.63) is 35.5 Å². The Morgan fingerprint density at radius 2 is 2.13 bits per heavy atom. The van der Waals surface area contributed by atoms with Gasteiger partial charge in [-0.25, -0.2) is 0 Å². The van der Waals surface area contributed by atoms with Crippen molar-refractivity contribution < 1.29 is 0 Å². The molecule has 0 amide bonds. The summed E-state index contributed by atoms with van der Waals surface area (Å²) in [5, 5.41) is 1.31. The van der Waals surface area contributed by atoms with E-state index in [1.807, 2.05) is 0 Å². The predicted octanol–water partition coefficient (Wildman–Crippen LogP) is 2.47. The monoisotopic (exact) mass is 200 g/mol. The predicted molar refractivity (Wildman–Crippen MR) is 63.0 cm³/mol. The first kappa shape index (κ1) is 8.98. The molecule has 2 nitrogen and oxygen atoms in total. The third-order valence-electron chi connectivity index (χ3n) is 3.61. The minimum atomic E-state index is 0.305. The average Bonchev–Trinajstić information content (AvgIpc) is 2.94. The number of benzene rings is 1. The Morgan fingerprint density at radius 1 is 1.33 bits per heavy atom. The molecule has 0 radical (unpaired) electrons. The molecule has 0 aliphatic heterocycles. The summed E-state index contributed by atoms with van der Waals surface area (Å²) in [6, 6.07) is 8.88. The summed E-state index contributed by atoms with van der Waals surface area (Å²) in [4.78, 5) is 3.34. The van der Waals surface area contributed by atoms with Crippen LogP contribution in [0.1, 0.15) is 24.1 Å². The smallest absolute Gasteiger partial charge is 0.0456 e. The second-order valence-corrected chi connectivity index (χ2v) is 4.74. The fourth-order valence-corrected chi connectivity index (χ4v) is 2.37. The molecule has 0 atom stereocenters. The highest BCUT2D eigenvalue weighted by molar-refractivity contribution is 5.81. The van der Waals surface area contributed by atoms with Crippen LogP contribution < -0.4 is 5.73 Å². The third-order valence-corrected chi connectivity index (χ3v) is 3.61. The Bertz CT molecular complexity index is 506. The molecule has 78 valence electrons. The zero-order valence-corrected chi connectivity index (χ0v) is 9.01. The number of nitrogens with one attached hydrogen (secondary N) is 1. The van der Waals surface area contributed by atoms with Gasteiger partial charge in [-0.2, -0.15) is 0 Å². The molecule has 1 aliphatic rings. The van der Waals surface area contributed by atoms with Crippen LogP contribution in [-0.4, -0.2) is 11.5 Å². The van der Waals surface area contributed by atoms with Crippen LogP contribution in [0.4, 0.5) is 0 Å². The Morgan fingerprint density at radius 3 is 2.80 bits per heavy atom. The highest BCUT2D eigenvalue weighted by Gasteiger charge is 2.42. The number of hydrogen-bond acceptors (Lipinski definition) is 1. The molecule has 0 spiro atoms. The van der Waals surface area contributed by atoms with Crippen LogP contribution in [-0.2, 0) is 5.41 Å². The van der Waals surface area contributed by atoms with Gasteiger partial charge >= 0.3 is 0 Å². The Kier molecular flexibility index (Phi) is 1.71. The first-order valence-corrected chi connectivity index (χ1v) is 5.53. The van der Waals surface area contributed by atoms with Gasteiger partial charge in [0.2, 0.25) is 0 Å². The van der Waals surface area contributed by atoms with Gasteiger partial charge in [0.1, 0.15) is 0 Å². The summed E-state index contributed by atoms with van der Waals surface area (Å²) in [7, 11) is 0. The highest BCUT2D eigenvalue weighted by atomic mass is 14.7. The number of H-pyrrole nitrogens is 1. The summed E-state index contributed by atoms with van der Waals surface area (Å²) >= 11 is 0. The van der Waals surface area contributed by atoms with Crippen molar-refractivity contribution in [1.29, 1.82) is 0 Å². The van der Waals surface area contributed by atoms with Crippen molar-refractivity contribution in [3.8, 4) is 0 Å². The topological polar surface area (TPSA) is 41.8 Å². The summed E-state index contributed by atoms with van der Waals surface area (Å²) < 4.78 is 0. The number of hydrogen-bond donors (Lipinski definition) is 2. The van der Waals surface area contributed by atoms with Gasteiger partial charge in [0.25, 0.3) is 0 Å². The van der Waals surface area contributed by atoms with Crippen molar-refractivity contribution in [2.45, 2.75) is 25.2 Å². The van der Waals surface area contributed by atoms with E-state index in [2.05, 4.69) is 36.2 Å². The second-order valence-electron chi connectivity index (χ2n) is 4.74. The summed E-state index contributed by atoms with van der Waals surface area (Å²) in [5.41, 5.74) is 10.0. The molecule has 3 rings (SSSR count). The van der Waals surface area contributed by atoms with Crippen molar-refractivity contribution in [3.63, 3.8) is 0 Å². The quantitative estimate of drug-likeness (QED) is 0.768. The maximum absolute atomic E-state index is 5.84. The lowest BCUT2D eigenvalue weighted by Crippen LogP contribution is -2.19. The average molecular weight is 200 g/mol. The molecule has 1 aromatic carbocycles. The third kappa shape index (κ3) is 1.29. The Hall–Kier alpha value is -1.28. The van der Waals surface area contributed by atoms with Gasteiger partial charge in [-0.05, 0) is 48.9 Å². The van der Waals surface area contributed by atoms with Crippen LogP contribution in [0.25, 0.3) is 10.9 Å². The first-order chi connectivity index (χ1) is 7.23. The molecule has 1 aliphatic carbocycles. The molecule has 1 aromatic heterocycles. The van der Waals surface area contributed by atoms with E-state index in [0.29, 0.717) is 5.41 Å². The van der Waals surface area contributed by atoms with Crippen LogP contribution in [0, 0.1) is 6.92 Å². The largest absolute Gasteiger partial charge is 0.359 e. The molecule has 1 heterocycles. The van der Waals surface area contributed by atoms with Gasteiger partial charge in [-0.1, -0.05) is 6.07 Å². The molecule has 15 heavy (non-hydrogen) atoms. The van der Waals surface area contributed by atoms with Gasteiger partial charge in [0.15, 0.2) is 0 Å². The lowest BCUT2D eigenvalue weighted by molar-refractivity contribution is 0.706. The summed E-state index contributed by atoms with van der Waals surface area (Å²) in [6.07, 6.45) is 2.50. The van der Waals surface area contributed by atoms with Crippen molar-refractivity contribution in [2.24, 2.45) is 5.73 Å². The fourth-order valence-electron chi connectivity index (χ4n) is 2.37. The number of rotatable bonds is 2. The van der Waals surface area contributed by atoms with Crippen molar-refractivity contribution in [2.75, 3.05) is 6.54 Å². The molecule has 2 heteroatoms. The molecule has 3 N–H and O–H groups in total. The molecule has 1 saturated carbocycles. The maximum atomic E-state index is 5.84. The number of nitrogens with two attached hydrogens (primary N) is 1. The first-order valence-electron chi connectivity index (χ1n) is 5.53. The van der Waals surface area contributed by atoms with Gasteiger partial charge in [-0.3, -0.25) is 0 Å². The molecular weight excluding hydrogens is 184 g/mol. The van der Waals surface area contributed by atoms with Gasteiger partial charge in [0.05, 0.1) is 0 Å². The van der Waals surface area contributed by atoms with Crippen LogP contribution in [0.15, 0.2) is 24.3 Å². The van der Waals surface area contributed by atoms with Crippen LogP contribution in [0.5, 0.6) is 0 Å². The Labute approximate surface area is 89.5 Å². The molecule has 2 aromatic rings. The van der Waals surface area contributed by atoms with Crippen LogP contribution in [0.2, 0.25) is 0 Å². The highest BCUT2D eigenvalue weighted by Crippen LogP contribution is 2.47. The normalized spacial score (nSPS) is 18.3. The van der Waals surface area contributed by atoms with Gasteiger partial charge < -0.3 is 10.7 Å². The number of aromatic nitrogens is 1. The van der Waals surface area contributed by atoms with Crippen LogP contribution in [0.3, 0.4) is 0 Å². The lowest BCUT2D eigenvalue weighted by Gasteiger charge is -2.12. The number of aryl methyl sites for hydroxylation is 1. The van der Waals surface area contributed by atoms with Gasteiger partial charge in [0, 0.05) is 23.2 Å². The van der Waals surface area contributed by atoms with E-state index in [1.54, 1.807) is 0 Å². The standard InChI is InChI=1S/C13H16N2/c1-9-6-10-7-11(2-3-12(10)15-9)13(8-14)4-5-13/h2-3,6-7,15H,4-5,8,14H2,1H3. The SMILES string of the molecule is Cc1cc2cc(C3(CN)CC3)ccc2[nH]1. The lowest BCUT2D eigenvalue weighted by atomic mass is 9.95. The van der Waals surface area contributed by atoms with Gasteiger partial charge in [-0.15, -0.1) is 0 Å². The second kappa shape index (κ2) is 2.86. The summed E-state index contributed by atoms with van der Waals surface area (Å²) in [5.74, 6) is 0. The summed E-state index contributed by atoms with van der Waals surface area (Å²) in [6.45, 7) is 2.87. The van der Waals surface area contributed by atoms with E-state index in [1.165, 1.54) is 35.0 Å². The van der Waals surface area contributed by atoms with E-state index in [-0.39, 0.29) is 0 Å². The van der Waals surface area contributed by atoms with E-state index < -0.39 is 0 Å². The maximum Gasteiger partial charge on any atom is 0.0456 e. The van der Waals surface area contributed by atoms with E-state index in [0.717, 1.165) is 6.54 Å². The molecule has 0 bridgehead atoms. The number of fused-ring (bicyclic) bond motifs is 1. The van der Waals surface area contributed by atoms with E-state index >= 15 is 0 Å². The fraction of sp³-hybridized carbons (Fsp3) is 0.385. The van der Waals surface area contributed by atoms with Crippen molar-refractivity contribution >= 4 is 10.9 Å².